The van der Waals surface area contributed by atoms with Crippen LogP contribution >= 0.6 is 0 Å². The summed E-state index contributed by atoms with van der Waals surface area (Å²) < 4.78 is 5.85. The number of carbonyl (C=O) groups is 1. The van der Waals surface area contributed by atoms with Crippen molar-refractivity contribution < 1.29 is 9.53 Å². The first kappa shape index (κ1) is 14.6. The zero-order valence-corrected chi connectivity index (χ0v) is 13.4. The van der Waals surface area contributed by atoms with E-state index < -0.39 is 0 Å². The van der Waals surface area contributed by atoms with Gasteiger partial charge >= 0.3 is 5.97 Å². The molecule has 1 aromatic heterocycles. The molecule has 4 rings (SSSR count). The Kier molecular flexibility index (Phi) is 3.54. The van der Waals surface area contributed by atoms with Gasteiger partial charge < -0.3 is 4.74 Å². The molecular formula is C18H25NO2. The van der Waals surface area contributed by atoms with E-state index in [0.29, 0.717) is 23.2 Å². The van der Waals surface area contributed by atoms with Crippen LogP contribution in [0.1, 0.15) is 52.0 Å². The summed E-state index contributed by atoms with van der Waals surface area (Å²) in [5, 5.41) is 0. The summed E-state index contributed by atoms with van der Waals surface area (Å²) in [6, 6.07) is 3.77. The number of hydrogen-bond acceptors (Lipinski definition) is 3. The number of rotatable bonds is 3. The predicted octanol–water partition coefficient (Wildman–Crippen LogP) is 3.80. The van der Waals surface area contributed by atoms with Gasteiger partial charge in [-0.3, -0.25) is 9.78 Å². The highest BCUT2D eigenvalue weighted by molar-refractivity contribution is 5.77. The van der Waals surface area contributed by atoms with Crippen LogP contribution in [0.25, 0.3) is 0 Å². The molecule has 0 amide bonds. The van der Waals surface area contributed by atoms with E-state index in [9.17, 15) is 4.79 Å². The highest BCUT2D eigenvalue weighted by Crippen LogP contribution is 2.61. The largest absolute Gasteiger partial charge is 0.462 e. The third-order valence-electron chi connectivity index (χ3n) is 6.11. The van der Waals surface area contributed by atoms with Gasteiger partial charge in [0, 0.05) is 12.4 Å². The van der Waals surface area contributed by atoms with Gasteiger partial charge in [0.1, 0.15) is 6.10 Å². The quantitative estimate of drug-likeness (QED) is 0.794. The number of aromatic nitrogens is 1. The molecule has 1 heterocycles. The van der Waals surface area contributed by atoms with Crippen LogP contribution in [-0.4, -0.2) is 17.1 Å². The van der Waals surface area contributed by atoms with E-state index in [4.69, 9.17) is 4.74 Å². The van der Waals surface area contributed by atoms with E-state index in [1.807, 2.05) is 19.1 Å². The maximum atomic E-state index is 12.4. The molecule has 0 aromatic carbocycles. The van der Waals surface area contributed by atoms with Crippen LogP contribution in [0.15, 0.2) is 24.5 Å². The molecule has 21 heavy (non-hydrogen) atoms. The van der Waals surface area contributed by atoms with Crippen molar-refractivity contribution in [3.05, 3.63) is 30.1 Å². The molecule has 3 nitrogen and oxygen atoms in total. The van der Waals surface area contributed by atoms with E-state index in [2.05, 4.69) is 25.8 Å². The fraction of sp³-hybridized carbons (Fsp3) is 0.667. The number of ether oxygens (including phenoxy) is 1. The summed E-state index contributed by atoms with van der Waals surface area (Å²) in [5.74, 6) is 1.57. The number of hydrogen-bond donors (Lipinski definition) is 0. The van der Waals surface area contributed by atoms with Gasteiger partial charge in [0.15, 0.2) is 0 Å². The Hall–Kier alpha value is -1.38. The lowest BCUT2D eigenvalue weighted by molar-refractivity contribution is -0.187. The second-order valence-electron chi connectivity index (χ2n) is 7.43. The lowest BCUT2D eigenvalue weighted by atomic mass is 9.45. The number of carbonyl (C=O) groups excluding carboxylic acids is 1. The van der Waals surface area contributed by atoms with Crippen LogP contribution in [0.3, 0.4) is 0 Å². The first-order valence-electron chi connectivity index (χ1n) is 8.01. The van der Waals surface area contributed by atoms with Crippen molar-refractivity contribution in [1.29, 1.82) is 0 Å². The zero-order chi connectivity index (χ0) is 15.2. The molecule has 114 valence electrons. The molecule has 0 spiro atoms. The van der Waals surface area contributed by atoms with Crippen molar-refractivity contribution in [3.8, 4) is 0 Å². The minimum Gasteiger partial charge on any atom is -0.462 e. The first-order valence-corrected chi connectivity index (χ1v) is 8.01. The van der Waals surface area contributed by atoms with Gasteiger partial charge in [-0.05, 0) is 60.6 Å². The van der Waals surface area contributed by atoms with Gasteiger partial charge in [-0.15, -0.1) is 0 Å². The monoisotopic (exact) mass is 287 g/mol. The number of esters is 1. The number of nitrogens with zero attached hydrogens (tertiary/aromatic N) is 1. The molecule has 0 aliphatic heterocycles. The Morgan fingerprint density at radius 2 is 2.00 bits per heavy atom. The normalized spacial score (nSPS) is 34.7. The van der Waals surface area contributed by atoms with Crippen LogP contribution in [0.2, 0.25) is 0 Å². The summed E-state index contributed by atoms with van der Waals surface area (Å²) in [5.41, 5.74) is 1.41. The summed E-state index contributed by atoms with van der Waals surface area (Å²) in [6.07, 6.45) is 5.88. The Morgan fingerprint density at radius 3 is 2.57 bits per heavy atom. The van der Waals surface area contributed by atoms with Gasteiger partial charge in [0.25, 0.3) is 0 Å². The molecule has 3 aliphatic carbocycles. The average molecular weight is 287 g/mol. The molecule has 0 saturated heterocycles. The minimum absolute atomic E-state index is 0.0959. The van der Waals surface area contributed by atoms with Crippen molar-refractivity contribution in [1.82, 2.24) is 4.98 Å². The Labute approximate surface area is 127 Å². The smallest absolute Gasteiger partial charge is 0.313 e. The molecule has 0 radical (unpaired) electrons. The third kappa shape index (κ3) is 2.37. The maximum Gasteiger partial charge on any atom is 0.313 e. The van der Waals surface area contributed by atoms with Crippen molar-refractivity contribution in [2.24, 2.45) is 23.2 Å². The Bertz CT molecular complexity index is 525. The summed E-state index contributed by atoms with van der Waals surface area (Å²) in [7, 11) is 0. The average Bonchev–Trinajstić information content (AvgIpc) is 2.48. The number of fused-ring (bicyclic) bond motifs is 2. The second-order valence-corrected chi connectivity index (χ2v) is 7.43. The fourth-order valence-corrected chi connectivity index (χ4v) is 4.30. The first-order chi connectivity index (χ1) is 9.91. The molecular weight excluding hydrogens is 262 g/mol. The van der Waals surface area contributed by atoms with E-state index in [0.717, 1.165) is 12.0 Å². The van der Waals surface area contributed by atoms with E-state index >= 15 is 0 Å². The highest BCUT2D eigenvalue weighted by atomic mass is 16.5. The van der Waals surface area contributed by atoms with Crippen LogP contribution in [0.5, 0.6) is 0 Å². The standard InChI is InChI=1S/C18H25NO2/c1-11(13-5-7-19-8-6-13)17(20)21-16-10-14-9-15(12(16)2)18(14,3)4/h5-8,11-12,14-16H,9-10H2,1-4H3/t11-,12+,14+,15-,16-/m0/s1. The number of pyridine rings is 1. The minimum atomic E-state index is -0.216. The van der Waals surface area contributed by atoms with Crippen molar-refractivity contribution in [2.45, 2.75) is 52.6 Å². The molecule has 0 unspecified atom stereocenters. The Morgan fingerprint density at radius 1 is 1.33 bits per heavy atom. The van der Waals surface area contributed by atoms with Gasteiger partial charge in [0.05, 0.1) is 5.92 Å². The molecule has 3 heteroatoms. The zero-order valence-electron chi connectivity index (χ0n) is 13.4. The van der Waals surface area contributed by atoms with Gasteiger partial charge in [0.2, 0.25) is 0 Å². The topological polar surface area (TPSA) is 39.2 Å². The highest BCUT2D eigenvalue weighted by Gasteiger charge is 2.57. The third-order valence-corrected chi connectivity index (χ3v) is 6.11. The van der Waals surface area contributed by atoms with Crippen molar-refractivity contribution in [3.63, 3.8) is 0 Å². The summed E-state index contributed by atoms with van der Waals surface area (Å²) in [6.45, 7) is 8.88. The van der Waals surface area contributed by atoms with Crippen LogP contribution in [0.4, 0.5) is 0 Å². The Balaban J connectivity index is 1.64. The summed E-state index contributed by atoms with van der Waals surface area (Å²) >= 11 is 0. The van der Waals surface area contributed by atoms with Crippen molar-refractivity contribution >= 4 is 5.97 Å². The van der Waals surface area contributed by atoms with Crippen LogP contribution in [-0.2, 0) is 9.53 Å². The SMILES string of the molecule is C[C@H]1[C@@H](OC(=O)[C@@H](C)c2ccncc2)C[C@H]2C[C@@H]1C2(C)C. The van der Waals surface area contributed by atoms with Crippen LogP contribution < -0.4 is 0 Å². The van der Waals surface area contributed by atoms with Crippen LogP contribution in [0, 0.1) is 23.2 Å². The molecule has 1 aromatic rings. The maximum absolute atomic E-state index is 12.4. The van der Waals surface area contributed by atoms with Gasteiger partial charge in [-0.1, -0.05) is 20.8 Å². The van der Waals surface area contributed by atoms with Crippen molar-refractivity contribution in [2.75, 3.05) is 0 Å². The second kappa shape index (κ2) is 5.11. The lowest BCUT2D eigenvalue weighted by Crippen LogP contribution is -2.57. The molecule has 3 fully saturated rings. The molecule has 3 saturated carbocycles. The van der Waals surface area contributed by atoms with E-state index in [-0.39, 0.29) is 18.0 Å². The lowest BCUT2D eigenvalue weighted by Gasteiger charge is -2.61. The predicted molar refractivity (Wildman–Crippen MR) is 81.7 cm³/mol. The van der Waals surface area contributed by atoms with Gasteiger partial charge in [-0.25, -0.2) is 0 Å². The fourth-order valence-electron chi connectivity index (χ4n) is 4.30. The van der Waals surface area contributed by atoms with E-state index in [1.165, 1.54) is 6.42 Å². The molecule has 3 aliphatic rings. The molecule has 2 bridgehead atoms. The summed E-state index contributed by atoms with van der Waals surface area (Å²) in [4.78, 5) is 16.4. The molecule has 5 atom stereocenters. The van der Waals surface area contributed by atoms with E-state index in [1.54, 1.807) is 12.4 Å². The van der Waals surface area contributed by atoms with Gasteiger partial charge in [-0.2, -0.15) is 0 Å². The molecule has 0 N–H and O–H groups in total.